The zero-order valence-electron chi connectivity index (χ0n) is 15.3. The van der Waals surface area contributed by atoms with Crippen LogP contribution in [0.4, 0.5) is 4.79 Å². The predicted molar refractivity (Wildman–Crippen MR) is 104 cm³/mol. The summed E-state index contributed by atoms with van der Waals surface area (Å²) in [5, 5.41) is 21.8. The molecule has 1 aromatic carbocycles. The van der Waals surface area contributed by atoms with Crippen molar-refractivity contribution in [2.75, 3.05) is 0 Å². The van der Waals surface area contributed by atoms with Gasteiger partial charge in [-0.05, 0) is 55.3 Å². The second kappa shape index (κ2) is 6.45. The molecule has 2 aromatic heterocycles. The van der Waals surface area contributed by atoms with Gasteiger partial charge >= 0.3 is 6.09 Å². The van der Waals surface area contributed by atoms with Crippen LogP contribution in [0.15, 0.2) is 59.7 Å². The Balaban J connectivity index is 2.10. The number of aliphatic imine (C=N–C) groups is 1. The number of carbonyl (C=O) groups is 1. The van der Waals surface area contributed by atoms with Crippen molar-refractivity contribution in [1.29, 1.82) is 0 Å². The number of amidine groups is 1. The molecule has 1 atom stereocenters. The number of phenolic OH excluding ortho intramolecular Hbond substituents is 1. The number of benzene rings is 1. The van der Waals surface area contributed by atoms with Gasteiger partial charge in [0.1, 0.15) is 17.0 Å². The third-order valence-corrected chi connectivity index (χ3v) is 4.69. The molecule has 0 aliphatic carbocycles. The van der Waals surface area contributed by atoms with Gasteiger partial charge < -0.3 is 10.2 Å². The molecule has 7 heteroatoms. The van der Waals surface area contributed by atoms with Crippen LogP contribution in [0.3, 0.4) is 0 Å². The van der Waals surface area contributed by atoms with E-state index in [2.05, 4.69) is 15.3 Å². The van der Waals surface area contributed by atoms with Crippen molar-refractivity contribution < 1.29 is 15.0 Å². The maximum Gasteiger partial charge on any atom is 0.410 e. The molecule has 0 bridgehead atoms. The number of nitrogens with one attached hydrogen (secondary N) is 1. The smallest absolute Gasteiger partial charge is 0.410 e. The lowest BCUT2D eigenvalue weighted by Gasteiger charge is -2.29. The van der Waals surface area contributed by atoms with Crippen molar-refractivity contribution in [3.63, 3.8) is 0 Å². The number of rotatable bonds is 2. The van der Waals surface area contributed by atoms with Crippen molar-refractivity contribution >= 4 is 11.9 Å². The van der Waals surface area contributed by atoms with Gasteiger partial charge in [0.2, 0.25) is 0 Å². The number of carboxylic acid groups (broad SMARTS) is 1. The first kappa shape index (κ1) is 17.7. The third kappa shape index (κ3) is 2.77. The van der Waals surface area contributed by atoms with Crippen molar-refractivity contribution in [3.8, 4) is 5.75 Å². The van der Waals surface area contributed by atoms with Crippen LogP contribution in [-0.2, 0) is 5.54 Å². The number of aromatic nitrogens is 2. The number of amides is 1. The van der Waals surface area contributed by atoms with Gasteiger partial charge in [0, 0.05) is 23.1 Å². The predicted octanol–water partition coefficient (Wildman–Crippen LogP) is 3.12. The normalized spacial score (nSPS) is 17.7. The summed E-state index contributed by atoms with van der Waals surface area (Å²) in [6.07, 6.45) is 0.378. The summed E-state index contributed by atoms with van der Waals surface area (Å²) in [4.78, 5) is 25.0. The molecule has 0 saturated carbocycles. The Kier molecular flexibility index (Phi) is 4.07. The summed E-state index contributed by atoms with van der Waals surface area (Å²) in [6, 6.07) is 14.3. The minimum atomic E-state index is -1.22. The summed E-state index contributed by atoms with van der Waals surface area (Å²) in [5.41, 5.74) is 3.28. The van der Waals surface area contributed by atoms with Crippen LogP contribution < -0.4 is 5.32 Å². The Morgan fingerprint density at radius 3 is 2.46 bits per heavy atom. The number of aromatic hydroxyl groups is 1. The van der Waals surface area contributed by atoms with Crippen LogP contribution in [0.2, 0.25) is 0 Å². The van der Waals surface area contributed by atoms with E-state index in [1.54, 1.807) is 30.5 Å². The molecule has 1 aliphatic rings. The maximum atomic E-state index is 11.3. The Labute approximate surface area is 161 Å². The first-order chi connectivity index (χ1) is 13.4. The fraction of sp³-hybridized carbons (Fsp3) is 0.143. The van der Waals surface area contributed by atoms with Gasteiger partial charge in [-0.1, -0.05) is 18.2 Å². The van der Waals surface area contributed by atoms with E-state index in [9.17, 15) is 15.0 Å². The van der Waals surface area contributed by atoms with E-state index < -0.39 is 11.6 Å². The highest BCUT2D eigenvalue weighted by molar-refractivity contribution is 6.08. The van der Waals surface area contributed by atoms with Crippen LogP contribution >= 0.6 is 0 Å². The lowest BCUT2D eigenvalue weighted by molar-refractivity contribution is 0.200. The average molecular weight is 374 g/mol. The summed E-state index contributed by atoms with van der Waals surface area (Å²) in [7, 11) is 0. The van der Waals surface area contributed by atoms with Gasteiger partial charge in [-0.3, -0.25) is 15.3 Å². The van der Waals surface area contributed by atoms with E-state index in [0.29, 0.717) is 11.3 Å². The molecule has 1 aliphatic heterocycles. The number of hydrogen-bond donors (Lipinski definition) is 3. The summed E-state index contributed by atoms with van der Waals surface area (Å²) in [5.74, 6) is 0.262. The fourth-order valence-electron chi connectivity index (χ4n) is 3.74. The molecule has 4 rings (SSSR count). The highest BCUT2D eigenvalue weighted by Gasteiger charge is 2.45. The summed E-state index contributed by atoms with van der Waals surface area (Å²) < 4.78 is 0. The van der Waals surface area contributed by atoms with E-state index in [4.69, 9.17) is 4.99 Å². The molecule has 28 heavy (non-hydrogen) atoms. The van der Waals surface area contributed by atoms with Crippen LogP contribution in [-0.4, -0.2) is 32.1 Å². The molecule has 3 heterocycles. The molecule has 0 fully saturated rings. The Hall–Kier alpha value is -3.74. The molecule has 0 spiro atoms. The lowest BCUT2D eigenvalue weighted by Crippen LogP contribution is -2.29. The minimum Gasteiger partial charge on any atom is -0.508 e. The quantitative estimate of drug-likeness (QED) is 0.639. The topological polar surface area (TPSA) is 108 Å². The van der Waals surface area contributed by atoms with E-state index in [1.165, 1.54) is 0 Å². The summed E-state index contributed by atoms with van der Waals surface area (Å²) >= 11 is 0. The molecule has 140 valence electrons. The van der Waals surface area contributed by atoms with E-state index in [1.807, 2.05) is 38.1 Å². The molecule has 1 unspecified atom stereocenters. The number of fused-ring (bicyclic) bond motifs is 1. The second-order valence-electron chi connectivity index (χ2n) is 6.69. The van der Waals surface area contributed by atoms with Gasteiger partial charge in [0.15, 0.2) is 5.84 Å². The zero-order valence-corrected chi connectivity index (χ0v) is 15.3. The number of phenols is 1. The number of pyridine rings is 2. The van der Waals surface area contributed by atoms with Crippen LogP contribution in [0.25, 0.3) is 0 Å². The molecular weight excluding hydrogens is 356 g/mol. The maximum absolute atomic E-state index is 11.3. The van der Waals surface area contributed by atoms with Gasteiger partial charge in [0.25, 0.3) is 0 Å². The zero-order chi connectivity index (χ0) is 19.9. The standard InChI is InChI=1S/C21H18N4O3/c1-12-9-15(10-13(2)23-12)21(14-5-3-6-16(26)11-14)17-7-4-8-22-18(17)19(25-21)24-20(27)28/h3-11,26H,1-2H3,(H,24,25)(H,27,28). The van der Waals surface area contributed by atoms with Gasteiger partial charge in [0.05, 0.1) is 0 Å². The lowest BCUT2D eigenvalue weighted by atomic mass is 9.78. The Bertz CT molecular complexity index is 1110. The largest absolute Gasteiger partial charge is 0.508 e. The number of hydrogen-bond acceptors (Lipinski definition) is 5. The van der Waals surface area contributed by atoms with Crippen LogP contribution in [0.5, 0.6) is 5.75 Å². The Morgan fingerprint density at radius 1 is 1.04 bits per heavy atom. The fourth-order valence-corrected chi connectivity index (χ4v) is 3.74. The molecule has 0 radical (unpaired) electrons. The SMILES string of the molecule is Cc1cc(C2(c3cccc(O)c3)N=C(NC(=O)O)c3ncccc32)cc(C)n1. The molecule has 3 N–H and O–H groups in total. The monoisotopic (exact) mass is 374 g/mol. The van der Waals surface area contributed by atoms with Crippen LogP contribution in [0.1, 0.15) is 33.8 Å². The van der Waals surface area contributed by atoms with E-state index in [0.717, 1.165) is 22.5 Å². The van der Waals surface area contributed by atoms with Crippen molar-refractivity contribution in [1.82, 2.24) is 15.3 Å². The highest BCUT2D eigenvalue weighted by Crippen LogP contribution is 2.46. The minimum absolute atomic E-state index is 0.0969. The first-order valence-corrected chi connectivity index (χ1v) is 8.71. The van der Waals surface area contributed by atoms with Crippen molar-refractivity contribution in [2.24, 2.45) is 4.99 Å². The van der Waals surface area contributed by atoms with Gasteiger partial charge in [-0.25, -0.2) is 9.79 Å². The van der Waals surface area contributed by atoms with E-state index in [-0.39, 0.29) is 11.6 Å². The van der Waals surface area contributed by atoms with Gasteiger partial charge in [-0.15, -0.1) is 0 Å². The van der Waals surface area contributed by atoms with Crippen molar-refractivity contribution in [2.45, 2.75) is 19.4 Å². The first-order valence-electron chi connectivity index (χ1n) is 8.71. The molecular formula is C21H18N4O3. The average Bonchev–Trinajstić information content (AvgIpc) is 2.96. The summed E-state index contributed by atoms with van der Waals surface area (Å²) in [6.45, 7) is 3.79. The third-order valence-electron chi connectivity index (χ3n) is 4.69. The molecule has 1 amide bonds. The van der Waals surface area contributed by atoms with Gasteiger partial charge in [-0.2, -0.15) is 0 Å². The number of aryl methyl sites for hydroxylation is 2. The van der Waals surface area contributed by atoms with Crippen molar-refractivity contribution in [3.05, 3.63) is 88.5 Å². The highest BCUT2D eigenvalue weighted by atomic mass is 16.4. The Morgan fingerprint density at radius 2 is 1.79 bits per heavy atom. The second-order valence-corrected chi connectivity index (χ2v) is 6.69. The number of nitrogens with zero attached hydrogens (tertiary/aromatic N) is 3. The van der Waals surface area contributed by atoms with Crippen LogP contribution in [0, 0.1) is 13.8 Å². The molecule has 0 saturated heterocycles. The van der Waals surface area contributed by atoms with E-state index >= 15 is 0 Å². The molecule has 3 aromatic rings. The molecule has 7 nitrogen and oxygen atoms in total.